The number of carboxylic acids is 1. The van der Waals surface area contributed by atoms with Gasteiger partial charge < -0.3 is 9.84 Å². The van der Waals surface area contributed by atoms with Gasteiger partial charge in [-0.25, -0.2) is 0 Å². The van der Waals surface area contributed by atoms with Gasteiger partial charge in [0, 0.05) is 0 Å². The summed E-state index contributed by atoms with van der Waals surface area (Å²) in [4.78, 5) is 11.0. The number of aliphatic carboxylic acids is 1. The number of ether oxygens (including phenoxy) is 1. The van der Waals surface area contributed by atoms with Crippen LogP contribution in [0.4, 0.5) is 0 Å². The summed E-state index contributed by atoms with van der Waals surface area (Å²) >= 11 is 0. The quantitative estimate of drug-likeness (QED) is 0.855. The second-order valence-electron chi connectivity index (χ2n) is 3.62. The van der Waals surface area contributed by atoms with Gasteiger partial charge >= 0.3 is 5.97 Å². The van der Waals surface area contributed by atoms with Crippen molar-refractivity contribution in [3.63, 3.8) is 0 Å². The monoisotopic (exact) mass is 222 g/mol. The van der Waals surface area contributed by atoms with Crippen LogP contribution in [-0.4, -0.2) is 18.2 Å². The second kappa shape index (κ2) is 5.01. The molecule has 1 N–H and O–H groups in total. The summed E-state index contributed by atoms with van der Waals surface area (Å²) in [7, 11) is 1.60. The molecule has 0 radical (unpaired) electrons. The summed E-state index contributed by atoms with van der Waals surface area (Å²) in [5.41, 5.74) is 0.275. The first-order valence-corrected chi connectivity index (χ1v) is 5.57. The number of benzene rings is 1. The maximum Gasteiger partial charge on any atom is 0.314 e. The van der Waals surface area contributed by atoms with Crippen LogP contribution in [0.3, 0.4) is 0 Å². The molecule has 0 saturated heterocycles. The van der Waals surface area contributed by atoms with Crippen molar-refractivity contribution in [2.75, 3.05) is 7.11 Å². The first-order valence-electron chi connectivity index (χ1n) is 5.57. The third kappa shape index (κ3) is 2.18. The largest absolute Gasteiger partial charge is 0.497 e. The predicted molar refractivity (Wildman–Crippen MR) is 62.9 cm³/mol. The van der Waals surface area contributed by atoms with Gasteiger partial charge in [-0.3, -0.25) is 4.79 Å². The summed E-state index contributed by atoms with van der Waals surface area (Å²) in [6.45, 7) is 4.00. The number of carboxylic acid groups (broad SMARTS) is 1. The van der Waals surface area contributed by atoms with Crippen molar-refractivity contribution in [3.8, 4) is 5.75 Å². The second-order valence-corrected chi connectivity index (χ2v) is 3.62. The Hall–Kier alpha value is -1.51. The van der Waals surface area contributed by atoms with Crippen molar-refractivity contribution < 1.29 is 14.6 Å². The van der Waals surface area contributed by atoms with Crippen LogP contribution >= 0.6 is 0 Å². The molecule has 0 amide bonds. The number of rotatable bonds is 3. The fraction of sp³-hybridized carbons (Fsp3) is 0.462. The minimum absolute atomic E-state index is 0.605. The van der Waals surface area contributed by atoms with Gasteiger partial charge in [0.1, 0.15) is 5.75 Å². The van der Waals surface area contributed by atoms with Gasteiger partial charge in [-0.1, -0.05) is 26.0 Å². The Kier molecular flexibility index (Phi) is 3.93. The molecular formula is C13H18O3. The van der Waals surface area contributed by atoms with E-state index in [0.29, 0.717) is 0 Å². The molecule has 2 rings (SSSR count). The van der Waals surface area contributed by atoms with E-state index in [4.69, 9.17) is 9.84 Å². The van der Waals surface area contributed by atoms with Crippen LogP contribution < -0.4 is 4.74 Å². The van der Waals surface area contributed by atoms with E-state index in [1.165, 1.54) is 0 Å². The van der Waals surface area contributed by atoms with Gasteiger partial charge in [0.15, 0.2) is 0 Å². The molecule has 0 heterocycles. The van der Waals surface area contributed by atoms with E-state index in [1.807, 2.05) is 26.0 Å². The van der Waals surface area contributed by atoms with E-state index in [1.54, 1.807) is 19.2 Å². The third-order valence-corrected chi connectivity index (χ3v) is 2.80. The predicted octanol–water partition coefficient (Wildman–Crippen LogP) is 2.84. The average Bonchev–Trinajstić information content (AvgIpc) is 3.13. The summed E-state index contributed by atoms with van der Waals surface area (Å²) in [6, 6.07) is 7.27. The van der Waals surface area contributed by atoms with Gasteiger partial charge in [0.2, 0.25) is 0 Å². The molecule has 1 aromatic carbocycles. The maximum absolute atomic E-state index is 11.0. The normalized spacial score (nSPS) is 15.7. The Morgan fingerprint density at radius 2 is 1.75 bits per heavy atom. The molecule has 88 valence electrons. The average molecular weight is 222 g/mol. The molecule has 1 aliphatic rings. The fourth-order valence-electron chi connectivity index (χ4n) is 1.66. The lowest BCUT2D eigenvalue weighted by molar-refractivity contribution is -0.140. The van der Waals surface area contributed by atoms with Crippen LogP contribution in [0.2, 0.25) is 0 Å². The SMILES string of the molecule is CC.COc1ccc(C2(C(=O)O)CC2)cc1. The Balaban J connectivity index is 0.000000606. The number of hydrogen-bond donors (Lipinski definition) is 1. The highest BCUT2D eigenvalue weighted by Gasteiger charge is 2.51. The van der Waals surface area contributed by atoms with Crippen LogP contribution in [0.15, 0.2) is 24.3 Å². The molecule has 0 atom stereocenters. The Bertz CT molecular complexity index is 350. The van der Waals surface area contributed by atoms with E-state index in [2.05, 4.69) is 0 Å². The Labute approximate surface area is 96.1 Å². The summed E-state index contributed by atoms with van der Waals surface area (Å²) in [5, 5.41) is 9.05. The molecule has 3 heteroatoms. The van der Waals surface area contributed by atoms with Crippen molar-refractivity contribution in [2.45, 2.75) is 32.1 Å². The number of carbonyl (C=O) groups is 1. The number of methoxy groups -OCH3 is 1. The molecule has 0 aliphatic heterocycles. The first-order chi connectivity index (χ1) is 7.69. The van der Waals surface area contributed by atoms with Gasteiger partial charge in [-0.05, 0) is 30.5 Å². The zero-order chi connectivity index (χ0) is 12.2. The molecule has 1 fully saturated rings. The van der Waals surface area contributed by atoms with Crippen molar-refractivity contribution >= 4 is 5.97 Å². The molecule has 1 saturated carbocycles. The lowest BCUT2D eigenvalue weighted by Gasteiger charge is -2.10. The molecule has 1 aliphatic carbocycles. The molecular weight excluding hydrogens is 204 g/mol. The van der Waals surface area contributed by atoms with E-state index >= 15 is 0 Å². The minimum Gasteiger partial charge on any atom is -0.497 e. The molecule has 0 bridgehead atoms. The Morgan fingerprint density at radius 3 is 2.06 bits per heavy atom. The Morgan fingerprint density at radius 1 is 1.25 bits per heavy atom. The summed E-state index contributed by atoms with van der Waals surface area (Å²) < 4.78 is 5.02. The van der Waals surface area contributed by atoms with Crippen molar-refractivity contribution in [2.24, 2.45) is 0 Å². The highest BCUT2D eigenvalue weighted by atomic mass is 16.5. The summed E-state index contributed by atoms with van der Waals surface area (Å²) in [6.07, 6.45) is 1.49. The highest BCUT2D eigenvalue weighted by Crippen LogP contribution is 2.48. The highest BCUT2D eigenvalue weighted by molar-refractivity contribution is 5.84. The van der Waals surface area contributed by atoms with E-state index in [9.17, 15) is 4.79 Å². The fourth-order valence-corrected chi connectivity index (χ4v) is 1.66. The zero-order valence-electron chi connectivity index (χ0n) is 9.99. The van der Waals surface area contributed by atoms with Gasteiger partial charge in [-0.15, -0.1) is 0 Å². The van der Waals surface area contributed by atoms with E-state index in [-0.39, 0.29) is 0 Å². The number of hydrogen-bond acceptors (Lipinski definition) is 2. The lowest BCUT2D eigenvalue weighted by atomic mass is 9.96. The van der Waals surface area contributed by atoms with Crippen LogP contribution in [0.5, 0.6) is 5.75 Å². The molecule has 0 spiro atoms. The van der Waals surface area contributed by atoms with E-state index < -0.39 is 11.4 Å². The first kappa shape index (κ1) is 12.6. The van der Waals surface area contributed by atoms with Crippen LogP contribution in [0, 0.1) is 0 Å². The van der Waals surface area contributed by atoms with Crippen LogP contribution in [0.25, 0.3) is 0 Å². The summed E-state index contributed by atoms with van der Waals surface area (Å²) in [5.74, 6) is 0.0394. The zero-order valence-corrected chi connectivity index (χ0v) is 9.99. The van der Waals surface area contributed by atoms with Crippen molar-refractivity contribution in [1.29, 1.82) is 0 Å². The lowest BCUT2D eigenvalue weighted by Crippen LogP contribution is -2.19. The standard InChI is InChI=1S/C11H12O3.C2H6/c1-14-9-4-2-8(3-5-9)11(6-7-11)10(12)13;1-2/h2-5H,6-7H2,1H3,(H,12,13);1-2H3. The molecule has 16 heavy (non-hydrogen) atoms. The molecule has 0 aromatic heterocycles. The van der Waals surface area contributed by atoms with Crippen LogP contribution in [0.1, 0.15) is 32.3 Å². The molecule has 3 nitrogen and oxygen atoms in total. The van der Waals surface area contributed by atoms with Gasteiger partial charge in [-0.2, -0.15) is 0 Å². The third-order valence-electron chi connectivity index (χ3n) is 2.80. The van der Waals surface area contributed by atoms with Crippen molar-refractivity contribution in [3.05, 3.63) is 29.8 Å². The topological polar surface area (TPSA) is 46.5 Å². The molecule has 1 aromatic rings. The smallest absolute Gasteiger partial charge is 0.314 e. The molecule has 0 unspecified atom stereocenters. The van der Waals surface area contributed by atoms with Gasteiger partial charge in [0.25, 0.3) is 0 Å². The van der Waals surface area contributed by atoms with Gasteiger partial charge in [0.05, 0.1) is 12.5 Å². The van der Waals surface area contributed by atoms with Crippen LogP contribution in [-0.2, 0) is 10.2 Å². The minimum atomic E-state index is -0.720. The maximum atomic E-state index is 11.0. The van der Waals surface area contributed by atoms with Crippen molar-refractivity contribution in [1.82, 2.24) is 0 Å². The van der Waals surface area contributed by atoms with E-state index in [0.717, 1.165) is 24.2 Å².